The molecule has 2 N–H and O–H groups in total. The van der Waals surface area contributed by atoms with Crippen LogP contribution in [0.2, 0.25) is 0 Å². The van der Waals surface area contributed by atoms with Crippen molar-refractivity contribution in [1.29, 1.82) is 0 Å². The number of carbonyl (C=O) groups excluding carboxylic acids is 1. The summed E-state index contributed by atoms with van der Waals surface area (Å²) < 4.78 is 12.1. The minimum atomic E-state index is -0.775. The van der Waals surface area contributed by atoms with Crippen molar-refractivity contribution in [2.24, 2.45) is 0 Å². The molecule has 1 saturated heterocycles. The van der Waals surface area contributed by atoms with Crippen LogP contribution in [-0.2, 0) is 10.8 Å². The summed E-state index contributed by atoms with van der Waals surface area (Å²) in [4.78, 5) is 13.9. The van der Waals surface area contributed by atoms with Crippen LogP contribution in [0.25, 0.3) is 0 Å². The fourth-order valence-corrected chi connectivity index (χ4v) is 3.17. The highest BCUT2D eigenvalue weighted by Crippen LogP contribution is 2.20. The average Bonchev–Trinajstić information content (AvgIpc) is 2.29. The Balaban J connectivity index is 2.16. The molecule has 2 rings (SSSR count). The number of benzene rings is 1. The van der Waals surface area contributed by atoms with Crippen LogP contribution < -0.4 is 5.73 Å². The largest absolute Gasteiger partial charge is 0.398 e. The molecule has 0 aliphatic carbocycles. The summed E-state index contributed by atoms with van der Waals surface area (Å²) in [6.45, 7) is 1.09. The van der Waals surface area contributed by atoms with Gasteiger partial charge in [-0.05, 0) is 18.2 Å². The summed E-state index contributed by atoms with van der Waals surface area (Å²) in [5.41, 5.74) is 6.80. The van der Waals surface area contributed by atoms with Crippen molar-refractivity contribution in [2.45, 2.75) is 0 Å². The number of nitrogen functional groups attached to an aromatic ring is 1. The number of amides is 1. The SMILES string of the molecule is Nc1cc(Br)ccc1C(=O)N1CCS(=O)CC1. The lowest BCUT2D eigenvalue weighted by Gasteiger charge is -2.26. The van der Waals surface area contributed by atoms with Gasteiger partial charge in [-0.15, -0.1) is 0 Å². The zero-order valence-electron chi connectivity index (χ0n) is 9.19. The van der Waals surface area contributed by atoms with E-state index in [1.807, 2.05) is 0 Å². The van der Waals surface area contributed by atoms with Gasteiger partial charge in [-0.2, -0.15) is 0 Å². The van der Waals surface area contributed by atoms with Gasteiger partial charge in [-0.25, -0.2) is 0 Å². The molecule has 4 nitrogen and oxygen atoms in total. The zero-order valence-corrected chi connectivity index (χ0v) is 11.6. The first-order valence-electron chi connectivity index (χ1n) is 5.27. The van der Waals surface area contributed by atoms with E-state index in [-0.39, 0.29) is 5.91 Å². The average molecular weight is 317 g/mol. The van der Waals surface area contributed by atoms with Gasteiger partial charge in [0.25, 0.3) is 5.91 Å². The maximum absolute atomic E-state index is 12.2. The maximum Gasteiger partial charge on any atom is 0.256 e. The van der Waals surface area contributed by atoms with Crippen LogP contribution in [0, 0.1) is 0 Å². The molecule has 0 unspecified atom stereocenters. The first kappa shape index (κ1) is 12.6. The molecule has 17 heavy (non-hydrogen) atoms. The van der Waals surface area contributed by atoms with E-state index in [1.54, 1.807) is 23.1 Å². The summed E-state index contributed by atoms with van der Waals surface area (Å²) in [6.07, 6.45) is 0. The van der Waals surface area contributed by atoms with Gasteiger partial charge in [-0.3, -0.25) is 9.00 Å². The topological polar surface area (TPSA) is 63.4 Å². The second-order valence-electron chi connectivity index (χ2n) is 3.87. The molecule has 92 valence electrons. The molecule has 0 saturated carbocycles. The number of hydrogen-bond acceptors (Lipinski definition) is 3. The maximum atomic E-state index is 12.2. The van der Waals surface area contributed by atoms with E-state index in [2.05, 4.69) is 15.9 Å². The van der Waals surface area contributed by atoms with E-state index in [9.17, 15) is 9.00 Å². The first-order valence-corrected chi connectivity index (χ1v) is 7.55. The van der Waals surface area contributed by atoms with E-state index >= 15 is 0 Å². The molecule has 1 amide bonds. The van der Waals surface area contributed by atoms with Gasteiger partial charge in [0.15, 0.2) is 0 Å². The highest BCUT2D eigenvalue weighted by molar-refractivity contribution is 9.10. The molecule has 1 aliphatic heterocycles. The van der Waals surface area contributed by atoms with Crippen molar-refractivity contribution in [3.8, 4) is 0 Å². The van der Waals surface area contributed by atoms with E-state index in [1.165, 1.54) is 0 Å². The molecule has 6 heteroatoms. The zero-order chi connectivity index (χ0) is 12.4. The fraction of sp³-hybridized carbons (Fsp3) is 0.364. The standard InChI is InChI=1S/C11H13BrN2O2S/c12-8-1-2-9(10(13)7-8)11(15)14-3-5-17(16)6-4-14/h1-2,7H,3-6,13H2. The Morgan fingerprint density at radius 1 is 1.35 bits per heavy atom. The van der Waals surface area contributed by atoms with Crippen molar-refractivity contribution in [3.63, 3.8) is 0 Å². The third-order valence-electron chi connectivity index (χ3n) is 2.71. The molecule has 0 bridgehead atoms. The number of carbonyl (C=O) groups is 1. The van der Waals surface area contributed by atoms with Crippen molar-refractivity contribution in [2.75, 3.05) is 30.3 Å². The number of nitrogens with zero attached hydrogens (tertiary/aromatic N) is 1. The van der Waals surface area contributed by atoms with E-state index in [0.29, 0.717) is 35.8 Å². The molecule has 1 aromatic carbocycles. The van der Waals surface area contributed by atoms with Crippen LogP contribution in [0.5, 0.6) is 0 Å². The van der Waals surface area contributed by atoms with Crippen LogP contribution >= 0.6 is 15.9 Å². The van der Waals surface area contributed by atoms with Gasteiger partial charge < -0.3 is 10.6 Å². The Morgan fingerprint density at radius 2 is 2.00 bits per heavy atom. The summed E-state index contributed by atoms with van der Waals surface area (Å²) in [5.74, 6) is 1.04. The van der Waals surface area contributed by atoms with Crippen molar-refractivity contribution >= 4 is 38.3 Å². The van der Waals surface area contributed by atoms with Gasteiger partial charge >= 0.3 is 0 Å². The Kier molecular flexibility index (Phi) is 3.83. The van der Waals surface area contributed by atoms with E-state index < -0.39 is 10.8 Å². The predicted molar refractivity (Wildman–Crippen MR) is 72.3 cm³/mol. The lowest BCUT2D eigenvalue weighted by atomic mass is 10.1. The van der Waals surface area contributed by atoms with Crippen molar-refractivity contribution < 1.29 is 9.00 Å². The van der Waals surface area contributed by atoms with Crippen LogP contribution in [0.3, 0.4) is 0 Å². The molecule has 0 atom stereocenters. The van der Waals surface area contributed by atoms with Crippen LogP contribution in [0.15, 0.2) is 22.7 Å². The lowest BCUT2D eigenvalue weighted by Crippen LogP contribution is -2.42. The molecular formula is C11H13BrN2O2S. The number of nitrogens with two attached hydrogens (primary N) is 1. The third-order valence-corrected chi connectivity index (χ3v) is 4.48. The highest BCUT2D eigenvalue weighted by Gasteiger charge is 2.22. The van der Waals surface area contributed by atoms with Gasteiger partial charge in [0.2, 0.25) is 0 Å². The summed E-state index contributed by atoms with van der Waals surface area (Å²) in [6, 6.07) is 5.23. The normalized spacial score (nSPS) is 17.1. The molecule has 1 aromatic rings. The number of anilines is 1. The Hall–Kier alpha value is -0.880. The summed E-state index contributed by atoms with van der Waals surface area (Å²) in [5, 5.41) is 0. The van der Waals surface area contributed by atoms with Gasteiger partial charge in [0, 0.05) is 45.6 Å². The highest BCUT2D eigenvalue weighted by atomic mass is 79.9. The Labute approximate surface area is 111 Å². The fourth-order valence-electron chi connectivity index (χ4n) is 1.74. The van der Waals surface area contributed by atoms with Gasteiger partial charge in [0.1, 0.15) is 0 Å². The summed E-state index contributed by atoms with van der Waals surface area (Å²) in [7, 11) is -0.775. The minimum Gasteiger partial charge on any atom is -0.398 e. The molecule has 1 fully saturated rings. The quantitative estimate of drug-likeness (QED) is 0.793. The molecule has 0 spiro atoms. The minimum absolute atomic E-state index is 0.0771. The van der Waals surface area contributed by atoms with Crippen molar-refractivity contribution in [1.82, 2.24) is 4.90 Å². The molecule has 0 radical (unpaired) electrons. The number of hydrogen-bond donors (Lipinski definition) is 1. The van der Waals surface area contributed by atoms with E-state index in [4.69, 9.17) is 5.73 Å². The van der Waals surface area contributed by atoms with Crippen LogP contribution in [0.1, 0.15) is 10.4 Å². The number of halogens is 1. The van der Waals surface area contributed by atoms with Crippen LogP contribution in [-0.4, -0.2) is 39.6 Å². The second-order valence-corrected chi connectivity index (χ2v) is 6.48. The Bertz CT molecular complexity index is 469. The lowest BCUT2D eigenvalue weighted by molar-refractivity contribution is 0.0772. The smallest absolute Gasteiger partial charge is 0.256 e. The van der Waals surface area contributed by atoms with Crippen molar-refractivity contribution in [3.05, 3.63) is 28.2 Å². The summed E-state index contributed by atoms with van der Waals surface area (Å²) >= 11 is 3.30. The molecule has 0 aromatic heterocycles. The molecular weight excluding hydrogens is 304 g/mol. The van der Waals surface area contributed by atoms with Gasteiger partial charge in [0.05, 0.1) is 5.56 Å². The predicted octanol–water partition coefficient (Wildman–Crippen LogP) is 1.24. The third kappa shape index (κ3) is 2.87. The number of rotatable bonds is 1. The Morgan fingerprint density at radius 3 is 2.59 bits per heavy atom. The van der Waals surface area contributed by atoms with Gasteiger partial charge in [-0.1, -0.05) is 15.9 Å². The second kappa shape index (κ2) is 5.18. The molecule has 1 aliphatic rings. The van der Waals surface area contributed by atoms with E-state index in [0.717, 1.165) is 4.47 Å². The first-order chi connectivity index (χ1) is 8.08. The monoisotopic (exact) mass is 316 g/mol. The molecule has 1 heterocycles. The van der Waals surface area contributed by atoms with Crippen LogP contribution in [0.4, 0.5) is 5.69 Å².